The molecule has 2 aliphatic rings. The van der Waals surface area contributed by atoms with E-state index in [1.807, 2.05) is 11.0 Å². The molecule has 2 aliphatic heterocycles. The summed E-state index contributed by atoms with van der Waals surface area (Å²) in [4.78, 5) is 30.0. The van der Waals surface area contributed by atoms with Gasteiger partial charge < -0.3 is 19.9 Å². The van der Waals surface area contributed by atoms with Crippen LogP contribution in [0, 0.1) is 0 Å². The first kappa shape index (κ1) is 19.6. The van der Waals surface area contributed by atoms with Gasteiger partial charge in [0, 0.05) is 24.3 Å². The van der Waals surface area contributed by atoms with Crippen molar-refractivity contribution in [1.29, 1.82) is 0 Å². The van der Waals surface area contributed by atoms with E-state index in [-0.39, 0.29) is 18.0 Å². The summed E-state index contributed by atoms with van der Waals surface area (Å²) in [5.41, 5.74) is 2.58. The first-order valence-corrected chi connectivity index (χ1v) is 10.3. The minimum atomic E-state index is -0.247. The van der Waals surface area contributed by atoms with Gasteiger partial charge in [0.15, 0.2) is 0 Å². The highest BCUT2D eigenvalue weighted by molar-refractivity contribution is 6.32. The van der Waals surface area contributed by atoms with Crippen molar-refractivity contribution in [2.45, 2.75) is 32.4 Å². The van der Waals surface area contributed by atoms with Crippen LogP contribution in [0.1, 0.15) is 46.9 Å². The van der Waals surface area contributed by atoms with E-state index >= 15 is 0 Å². The normalized spacial score (nSPS) is 18.2. The van der Waals surface area contributed by atoms with Gasteiger partial charge in [-0.15, -0.1) is 0 Å². The van der Waals surface area contributed by atoms with Crippen molar-refractivity contribution in [2.75, 3.05) is 30.4 Å². The van der Waals surface area contributed by atoms with E-state index in [9.17, 15) is 9.59 Å². The Bertz CT molecular complexity index is 962. The van der Waals surface area contributed by atoms with Crippen LogP contribution in [0.15, 0.2) is 36.4 Å². The van der Waals surface area contributed by atoms with Crippen LogP contribution in [0.4, 0.5) is 11.4 Å². The summed E-state index contributed by atoms with van der Waals surface area (Å²) >= 11 is 6.15. The topological polar surface area (TPSA) is 61.9 Å². The minimum absolute atomic E-state index is 0.0586. The summed E-state index contributed by atoms with van der Waals surface area (Å²) in [5, 5.41) is 3.29. The molecule has 1 fully saturated rings. The monoisotopic (exact) mass is 413 g/mol. The average molecular weight is 414 g/mol. The predicted octanol–water partition coefficient (Wildman–Crippen LogP) is 4.39. The number of hydrogen-bond acceptors (Lipinski definition) is 4. The molecule has 0 aromatic heterocycles. The van der Waals surface area contributed by atoms with Crippen LogP contribution in [-0.4, -0.2) is 43.1 Å². The Morgan fingerprint density at radius 3 is 2.79 bits per heavy atom. The largest absolute Gasteiger partial charge is 0.495 e. The number of fused-ring (bicyclic) bond motifs is 2. The molecule has 6 nitrogen and oxygen atoms in total. The third-order valence-corrected chi connectivity index (χ3v) is 5.94. The number of carbonyl (C=O) groups excluding carboxylic acids is 2. The zero-order chi connectivity index (χ0) is 20.5. The fourth-order valence-electron chi connectivity index (χ4n) is 4.21. The molecule has 2 aromatic rings. The van der Waals surface area contributed by atoms with Crippen LogP contribution in [0.25, 0.3) is 0 Å². The van der Waals surface area contributed by atoms with Crippen molar-refractivity contribution in [3.8, 4) is 5.75 Å². The summed E-state index contributed by atoms with van der Waals surface area (Å²) < 4.78 is 5.14. The number of hydrogen-bond donors (Lipinski definition) is 1. The highest BCUT2D eigenvalue weighted by atomic mass is 35.5. The summed E-state index contributed by atoms with van der Waals surface area (Å²) in [6, 6.07) is 10.4. The van der Waals surface area contributed by atoms with Crippen molar-refractivity contribution < 1.29 is 14.3 Å². The summed E-state index contributed by atoms with van der Waals surface area (Å²) in [5.74, 6) is 0.361. The summed E-state index contributed by atoms with van der Waals surface area (Å²) in [6.07, 6.45) is 3.19. The fourth-order valence-corrected chi connectivity index (χ4v) is 4.47. The third kappa shape index (κ3) is 3.53. The molecule has 2 heterocycles. The number of nitrogens with one attached hydrogen (secondary N) is 1. The van der Waals surface area contributed by atoms with Crippen LogP contribution >= 0.6 is 11.6 Å². The van der Waals surface area contributed by atoms with Gasteiger partial charge in [0.1, 0.15) is 11.9 Å². The maximum absolute atomic E-state index is 13.0. The summed E-state index contributed by atoms with van der Waals surface area (Å²) in [6.45, 7) is 3.65. The Balaban J connectivity index is 1.62. The Kier molecular flexibility index (Phi) is 5.37. The van der Waals surface area contributed by atoms with Gasteiger partial charge in [-0.25, -0.2) is 0 Å². The van der Waals surface area contributed by atoms with E-state index in [0.717, 1.165) is 38.0 Å². The number of anilines is 2. The highest BCUT2D eigenvalue weighted by Crippen LogP contribution is 2.36. The lowest BCUT2D eigenvalue weighted by Crippen LogP contribution is -2.57. The molecule has 4 rings (SSSR count). The third-order valence-electron chi connectivity index (χ3n) is 5.64. The lowest BCUT2D eigenvalue weighted by molar-refractivity contribution is 0.0582. The SMILES string of the molecule is CCN1c2cc(C(=O)Nc3ccc(OC)c(Cl)c3)ccc2C(=O)N2CCCC[C@@H]21. The van der Waals surface area contributed by atoms with Crippen LogP contribution < -0.4 is 15.0 Å². The standard InChI is InChI=1S/C22H24ClN3O3/c1-3-25-18-12-14(21(27)24-15-8-10-19(29-2)17(23)13-15)7-9-16(18)22(28)26-11-5-4-6-20(25)26/h7-10,12-13,20H,3-6,11H2,1-2H3,(H,24,27)/t20-/m1/s1. The smallest absolute Gasteiger partial charge is 0.257 e. The minimum Gasteiger partial charge on any atom is -0.495 e. The number of benzene rings is 2. The quantitative estimate of drug-likeness (QED) is 0.807. The molecular weight excluding hydrogens is 390 g/mol. The fraction of sp³-hybridized carbons (Fsp3) is 0.364. The molecule has 0 spiro atoms. The summed E-state index contributed by atoms with van der Waals surface area (Å²) in [7, 11) is 1.54. The van der Waals surface area contributed by atoms with Crippen molar-refractivity contribution in [1.82, 2.24) is 4.90 Å². The van der Waals surface area contributed by atoms with E-state index < -0.39 is 0 Å². The first-order valence-electron chi connectivity index (χ1n) is 9.90. The Labute approximate surface area is 175 Å². The van der Waals surface area contributed by atoms with Gasteiger partial charge in [0.2, 0.25) is 0 Å². The van der Waals surface area contributed by atoms with Crippen LogP contribution in [0.5, 0.6) is 5.75 Å². The Morgan fingerprint density at radius 1 is 1.24 bits per heavy atom. The second-order valence-electron chi connectivity index (χ2n) is 7.30. The molecule has 1 atom stereocenters. The maximum Gasteiger partial charge on any atom is 0.257 e. The van der Waals surface area contributed by atoms with E-state index in [0.29, 0.717) is 27.6 Å². The molecule has 0 saturated carbocycles. The van der Waals surface area contributed by atoms with Crippen molar-refractivity contribution in [3.05, 3.63) is 52.5 Å². The van der Waals surface area contributed by atoms with Crippen molar-refractivity contribution in [2.24, 2.45) is 0 Å². The molecule has 1 saturated heterocycles. The molecule has 152 valence electrons. The Hall–Kier alpha value is -2.73. The van der Waals surface area contributed by atoms with Gasteiger partial charge in [-0.1, -0.05) is 11.6 Å². The van der Waals surface area contributed by atoms with Crippen LogP contribution in [-0.2, 0) is 0 Å². The zero-order valence-corrected chi connectivity index (χ0v) is 17.3. The number of methoxy groups -OCH3 is 1. The highest BCUT2D eigenvalue weighted by Gasteiger charge is 2.38. The second kappa shape index (κ2) is 7.95. The van der Waals surface area contributed by atoms with E-state index in [4.69, 9.17) is 16.3 Å². The molecule has 2 aromatic carbocycles. The first-order chi connectivity index (χ1) is 14.0. The zero-order valence-electron chi connectivity index (χ0n) is 16.6. The van der Waals surface area contributed by atoms with E-state index in [1.165, 1.54) is 0 Å². The van der Waals surface area contributed by atoms with E-state index in [1.54, 1.807) is 37.4 Å². The molecule has 7 heteroatoms. The molecule has 0 radical (unpaired) electrons. The molecule has 0 aliphatic carbocycles. The van der Waals surface area contributed by atoms with Gasteiger partial charge in [-0.05, 0) is 62.6 Å². The van der Waals surface area contributed by atoms with Gasteiger partial charge in [-0.2, -0.15) is 0 Å². The van der Waals surface area contributed by atoms with Crippen molar-refractivity contribution in [3.63, 3.8) is 0 Å². The van der Waals surface area contributed by atoms with Gasteiger partial charge in [0.25, 0.3) is 11.8 Å². The number of piperidine rings is 1. The lowest BCUT2D eigenvalue weighted by Gasteiger charge is -2.47. The number of amides is 2. The molecule has 0 bridgehead atoms. The van der Waals surface area contributed by atoms with Crippen LogP contribution in [0.3, 0.4) is 0 Å². The van der Waals surface area contributed by atoms with Gasteiger partial charge in [-0.3, -0.25) is 9.59 Å². The molecular formula is C22H24ClN3O3. The number of halogens is 1. The molecule has 0 unspecified atom stereocenters. The molecule has 1 N–H and O–H groups in total. The average Bonchev–Trinajstić information content (AvgIpc) is 2.74. The number of ether oxygens (including phenoxy) is 1. The van der Waals surface area contributed by atoms with Gasteiger partial charge >= 0.3 is 0 Å². The van der Waals surface area contributed by atoms with Gasteiger partial charge in [0.05, 0.1) is 23.4 Å². The Morgan fingerprint density at radius 2 is 2.07 bits per heavy atom. The number of rotatable bonds is 4. The molecule has 29 heavy (non-hydrogen) atoms. The second-order valence-corrected chi connectivity index (χ2v) is 7.70. The van der Waals surface area contributed by atoms with Crippen molar-refractivity contribution >= 4 is 34.8 Å². The number of nitrogens with zero attached hydrogens (tertiary/aromatic N) is 2. The number of carbonyl (C=O) groups is 2. The molecule has 2 amide bonds. The lowest BCUT2D eigenvalue weighted by atomic mass is 9.97. The predicted molar refractivity (Wildman–Crippen MR) is 114 cm³/mol. The van der Waals surface area contributed by atoms with Crippen LogP contribution in [0.2, 0.25) is 5.02 Å². The van der Waals surface area contributed by atoms with E-state index in [2.05, 4.69) is 17.1 Å². The maximum atomic E-state index is 13.0.